The minimum atomic E-state index is 0.0319. The number of benzene rings is 1. The number of nitrogens with zero attached hydrogens (tertiary/aromatic N) is 5. The molecule has 3 aromatic rings. The molecule has 0 radical (unpaired) electrons. The predicted molar refractivity (Wildman–Crippen MR) is 116 cm³/mol. The maximum atomic E-state index is 10.6. The molecular weight excluding hydrogens is 398 g/mol. The SMILES string of the molecule is CC1=CC2(C)CC(Oc3nnc(-c4ccc(-n5ccc(C)n5)cc4O)s3)CC1N2C. The highest BCUT2D eigenvalue weighted by atomic mass is 32.1. The molecule has 2 aliphatic heterocycles. The summed E-state index contributed by atoms with van der Waals surface area (Å²) in [6.45, 7) is 6.40. The lowest BCUT2D eigenvalue weighted by Gasteiger charge is -2.43. The Labute approximate surface area is 179 Å². The number of aryl methyl sites for hydroxylation is 1. The number of piperidine rings is 1. The first-order valence-corrected chi connectivity index (χ1v) is 10.9. The standard InChI is InChI=1S/C22H25N5O2S/c1-13-11-22(3)12-16(10-18(13)26(22)4)29-21-24-23-20(30-21)17-6-5-15(9-19(17)28)27-8-7-14(2)25-27/h5-9,11,16,18,28H,10,12H2,1-4H3. The van der Waals surface area contributed by atoms with Crippen LogP contribution in [0.2, 0.25) is 0 Å². The number of aromatic hydroxyl groups is 1. The Bertz CT molecular complexity index is 1140. The number of hydrogen-bond acceptors (Lipinski definition) is 7. The molecule has 8 heteroatoms. The Kier molecular flexibility index (Phi) is 4.44. The van der Waals surface area contributed by atoms with Gasteiger partial charge in [-0.1, -0.05) is 28.1 Å². The topological polar surface area (TPSA) is 76.3 Å². The van der Waals surface area contributed by atoms with E-state index in [0.717, 1.165) is 24.2 Å². The van der Waals surface area contributed by atoms with Crippen molar-refractivity contribution in [2.45, 2.75) is 51.3 Å². The van der Waals surface area contributed by atoms with Gasteiger partial charge in [-0.3, -0.25) is 4.90 Å². The van der Waals surface area contributed by atoms with Crippen molar-refractivity contribution < 1.29 is 9.84 Å². The van der Waals surface area contributed by atoms with Crippen LogP contribution in [0.3, 0.4) is 0 Å². The molecule has 3 unspecified atom stereocenters. The first kappa shape index (κ1) is 19.3. The number of hydrogen-bond donors (Lipinski definition) is 1. The van der Waals surface area contributed by atoms with E-state index in [4.69, 9.17) is 4.74 Å². The summed E-state index contributed by atoms with van der Waals surface area (Å²) in [6.07, 6.45) is 6.21. The normalized spacial score (nSPS) is 26.1. The van der Waals surface area contributed by atoms with Gasteiger partial charge in [-0.15, -0.1) is 5.10 Å². The summed E-state index contributed by atoms with van der Waals surface area (Å²) in [5.74, 6) is 0.146. The molecule has 0 saturated carbocycles. The number of phenolic OH excluding ortho intramolecular Hbond substituents is 1. The Morgan fingerprint density at radius 2 is 2.07 bits per heavy atom. The summed E-state index contributed by atoms with van der Waals surface area (Å²) in [5, 5.41) is 24.6. The highest BCUT2D eigenvalue weighted by molar-refractivity contribution is 7.16. The highest BCUT2D eigenvalue weighted by Crippen LogP contribution is 2.43. The van der Waals surface area contributed by atoms with Gasteiger partial charge in [-0.25, -0.2) is 4.68 Å². The fourth-order valence-electron chi connectivity index (χ4n) is 4.69. The lowest BCUT2D eigenvalue weighted by atomic mass is 9.89. The Hall–Kier alpha value is -2.71. The van der Waals surface area contributed by atoms with E-state index in [-0.39, 0.29) is 17.4 Å². The van der Waals surface area contributed by atoms with Crippen molar-refractivity contribution in [2.75, 3.05) is 7.05 Å². The van der Waals surface area contributed by atoms with Gasteiger partial charge in [-0.05, 0) is 46.0 Å². The van der Waals surface area contributed by atoms with E-state index < -0.39 is 0 Å². The fraction of sp³-hybridized carbons (Fsp3) is 0.409. The molecule has 0 amide bonds. The largest absolute Gasteiger partial charge is 0.507 e. The lowest BCUT2D eigenvalue weighted by Crippen LogP contribution is -2.52. The molecule has 5 rings (SSSR count). The van der Waals surface area contributed by atoms with E-state index >= 15 is 0 Å². The van der Waals surface area contributed by atoms with Crippen molar-refractivity contribution >= 4 is 11.3 Å². The van der Waals surface area contributed by atoms with Crippen molar-refractivity contribution in [3.05, 3.63) is 47.8 Å². The van der Waals surface area contributed by atoms with Gasteiger partial charge in [0.2, 0.25) is 0 Å². The summed E-state index contributed by atoms with van der Waals surface area (Å²) in [7, 11) is 2.19. The quantitative estimate of drug-likeness (QED) is 0.640. The first-order valence-electron chi connectivity index (χ1n) is 10.1. The Morgan fingerprint density at radius 3 is 2.77 bits per heavy atom. The van der Waals surface area contributed by atoms with Crippen molar-refractivity contribution in [1.82, 2.24) is 24.9 Å². The summed E-state index contributed by atoms with van der Waals surface area (Å²) < 4.78 is 7.96. The number of rotatable bonds is 4. The van der Waals surface area contributed by atoms with E-state index in [1.54, 1.807) is 10.7 Å². The molecule has 2 aliphatic rings. The van der Waals surface area contributed by atoms with Gasteiger partial charge in [0.25, 0.3) is 5.19 Å². The molecule has 3 atom stereocenters. The monoisotopic (exact) mass is 423 g/mol. The second-order valence-electron chi connectivity index (χ2n) is 8.53. The van der Waals surface area contributed by atoms with Crippen LogP contribution in [0.1, 0.15) is 32.4 Å². The zero-order valence-corrected chi connectivity index (χ0v) is 18.3. The molecule has 1 aromatic carbocycles. The maximum Gasteiger partial charge on any atom is 0.294 e. The predicted octanol–water partition coefficient (Wildman–Crippen LogP) is 3.97. The molecule has 2 aromatic heterocycles. The van der Waals surface area contributed by atoms with Crippen LogP contribution in [0, 0.1) is 6.92 Å². The van der Waals surface area contributed by atoms with Crippen LogP contribution >= 0.6 is 11.3 Å². The Morgan fingerprint density at radius 1 is 1.23 bits per heavy atom. The van der Waals surface area contributed by atoms with Crippen LogP contribution in [-0.2, 0) is 0 Å². The summed E-state index contributed by atoms with van der Waals surface area (Å²) in [6, 6.07) is 7.78. The van der Waals surface area contributed by atoms with Gasteiger partial charge < -0.3 is 9.84 Å². The molecule has 7 nitrogen and oxygen atoms in total. The van der Waals surface area contributed by atoms with E-state index in [1.807, 2.05) is 31.3 Å². The summed E-state index contributed by atoms with van der Waals surface area (Å²) in [4.78, 5) is 2.44. The third kappa shape index (κ3) is 3.20. The fourth-order valence-corrected chi connectivity index (χ4v) is 5.49. The molecule has 2 bridgehead atoms. The van der Waals surface area contributed by atoms with E-state index in [1.165, 1.54) is 16.9 Å². The summed E-state index contributed by atoms with van der Waals surface area (Å²) >= 11 is 1.37. The van der Waals surface area contributed by atoms with E-state index in [0.29, 0.717) is 21.8 Å². The second kappa shape index (κ2) is 6.92. The van der Waals surface area contributed by atoms with Gasteiger partial charge in [0.1, 0.15) is 11.9 Å². The third-order valence-electron chi connectivity index (χ3n) is 6.34. The summed E-state index contributed by atoms with van der Waals surface area (Å²) in [5.41, 5.74) is 3.81. The van der Waals surface area contributed by atoms with Crippen molar-refractivity contribution in [1.29, 1.82) is 0 Å². The van der Waals surface area contributed by atoms with Gasteiger partial charge in [-0.2, -0.15) is 5.10 Å². The smallest absolute Gasteiger partial charge is 0.294 e. The molecule has 1 saturated heterocycles. The molecule has 4 heterocycles. The van der Waals surface area contributed by atoms with Crippen LogP contribution in [0.4, 0.5) is 0 Å². The Balaban J connectivity index is 1.33. The molecule has 156 valence electrons. The van der Waals surface area contributed by atoms with E-state index in [2.05, 4.69) is 47.2 Å². The first-order chi connectivity index (χ1) is 14.3. The number of fused-ring (bicyclic) bond motifs is 2. The molecule has 1 fully saturated rings. The maximum absolute atomic E-state index is 10.6. The van der Waals surface area contributed by atoms with Crippen molar-refractivity contribution in [2.24, 2.45) is 0 Å². The van der Waals surface area contributed by atoms with Crippen LogP contribution in [-0.4, -0.2) is 54.7 Å². The van der Waals surface area contributed by atoms with E-state index in [9.17, 15) is 5.11 Å². The number of likely N-dealkylation sites (N-methyl/N-ethyl adjacent to an activating group) is 1. The number of phenols is 1. The molecule has 1 N–H and O–H groups in total. The molecule has 0 spiro atoms. The van der Waals surface area contributed by atoms with Gasteiger partial charge >= 0.3 is 0 Å². The van der Waals surface area contributed by atoms with Crippen LogP contribution in [0.25, 0.3) is 16.3 Å². The molecule has 0 aliphatic carbocycles. The zero-order chi connectivity index (χ0) is 21.0. The molecule has 30 heavy (non-hydrogen) atoms. The average Bonchev–Trinajstić information content (AvgIpc) is 3.35. The third-order valence-corrected chi connectivity index (χ3v) is 7.18. The van der Waals surface area contributed by atoms with Gasteiger partial charge in [0, 0.05) is 36.7 Å². The minimum absolute atomic E-state index is 0.0319. The molecular formula is C22H25N5O2S. The van der Waals surface area contributed by atoms with Gasteiger partial charge in [0.05, 0.1) is 16.9 Å². The van der Waals surface area contributed by atoms with Crippen LogP contribution < -0.4 is 4.74 Å². The van der Waals surface area contributed by atoms with Crippen LogP contribution in [0.15, 0.2) is 42.1 Å². The number of ether oxygens (including phenoxy) is 1. The van der Waals surface area contributed by atoms with Crippen molar-refractivity contribution in [3.63, 3.8) is 0 Å². The average molecular weight is 424 g/mol. The van der Waals surface area contributed by atoms with Gasteiger partial charge in [0.15, 0.2) is 5.01 Å². The number of aromatic nitrogens is 4. The van der Waals surface area contributed by atoms with Crippen LogP contribution in [0.5, 0.6) is 10.9 Å². The lowest BCUT2D eigenvalue weighted by molar-refractivity contribution is 0.0278. The zero-order valence-electron chi connectivity index (χ0n) is 17.5. The van der Waals surface area contributed by atoms with Crippen molar-refractivity contribution in [3.8, 4) is 27.2 Å². The second-order valence-corrected chi connectivity index (χ2v) is 9.47. The minimum Gasteiger partial charge on any atom is -0.507 e. The highest BCUT2D eigenvalue weighted by Gasteiger charge is 2.46.